The van der Waals surface area contributed by atoms with Crippen LogP contribution in [0.25, 0.3) is 0 Å². The third-order valence-electron chi connectivity index (χ3n) is 3.81. The third kappa shape index (κ3) is 4.77. The van der Waals surface area contributed by atoms with Crippen LogP contribution in [0.5, 0.6) is 0 Å². The van der Waals surface area contributed by atoms with Crippen LogP contribution >= 0.6 is 0 Å². The van der Waals surface area contributed by atoms with Gasteiger partial charge in [0.2, 0.25) is 0 Å². The molecule has 1 heterocycles. The Labute approximate surface area is 132 Å². The van der Waals surface area contributed by atoms with E-state index in [9.17, 15) is 18.8 Å². The fourth-order valence-corrected chi connectivity index (χ4v) is 2.58. The summed E-state index contributed by atoms with van der Waals surface area (Å²) in [6.07, 6.45) is 1.12. The molecular formula is C16H18FNO5. The monoisotopic (exact) mass is 323 g/mol. The number of carbonyl (C=O) groups excluding carboxylic acids is 2. The molecule has 1 atom stereocenters. The van der Waals surface area contributed by atoms with Crippen molar-refractivity contribution in [1.29, 1.82) is 0 Å². The molecule has 1 aliphatic rings. The summed E-state index contributed by atoms with van der Waals surface area (Å²) < 4.78 is 17.7. The second-order valence-electron chi connectivity index (χ2n) is 5.42. The standard InChI is InChI=1S/C16H18FNO5/c17-12-6-4-11(5-7-12)14(19)10-23-15(20)9-13-3-1-2-8-18(13)16(21)22/h4-7,13H,1-3,8-10H2,(H,21,22). The summed E-state index contributed by atoms with van der Waals surface area (Å²) in [6, 6.07) is 4.54. The molecule has 1 amide bonds. The number of hydrogen-bond acceptors (Lipinski definition) is 4. The van der Waals surface area contributed by atoms with Crippen molar-refractivity contribution in [2.75, 3.05) is 13.2 Å². The number of amides is 1. The van der Waals surface area contributed by atoms with Gasteiger partial charge >= 0.3 is 12.1 Å². The van der Waals surface area contributed by atoms with Crippen LogP contribution in [0.4, 0.5) is 9.18 Å². The van der Waals surface area contributed by atoms with Gasteiger partial charge in [-0.25, -0.2) is 9.18 Å². The van der Waals surface area contributed by atoms with Gasteiger partial charge < -0.3 is 14.7 Å². The Hall–Kier alpha value is -2.44. The zero-order chi connectivity index (χ0) is 16.8. The Balaban J connectivity index is 1.83. The first kappa shape index (κ1) is 16.9. The third-order valence-corrected chi connectivity index (χ3v) is 3.81. The molecule has 0 radical (unpaired) electrons. The van der Waals surface area contributed by atoms with Crippen LogP contribution in [0.1, 0.15) is 36.0 Å². The molecule has 1 fully saturated rings. The topological polar surface area (TPSA) is 83.9 Å². The van der Waals surface area contributed by atoms with Crippen LogP contribution in [0.3, 0.4) is 0 Å². The van der Waals surface area contributed by atoms with E-state index in [1.165, 1.54) is 17.0 Å². The fourth-order valence-electron chi connectivity index (χ4n) is 2.58. The van der Waals surface area contributed by atoms with E-state index in [-0.39, 0.29) is 12.0 Å². The number of ketones is 1. The summed E-state index contributed by atoms with van der Waals surface area (Å²) in [4.78, 5) is 36.0. The van der Waals surface area contributed by atoms with Gasteiger partial charge in [0.25, 0.3) is 0 Å². The van der Waals surface area contributed by atoms with Crippen molar-refractivity contribution in [2.24, 2.45) is 0 Å². The van der Waals surface area contributed by atoms with Crippen molar-refractivity contribution in [3.05, 3.63) is 35.6 Å². The van der Waals surface area contributed by atoms with E-state index >= 15 is 0 Å². The van der Waals surface area contributed by atoms with E-state index in [1.807, 2.05) is 0 Å². The molecule has 2 rings (SSSR count). The van der Waals surface area contributed by atoms with Gasteiger partial charge in [-0.2, -0.15) is 0 Å². The van der Waals surface area contributed by atoms with Crippen molar-refractivity contribution in [3.8, 4) is 0 Å². The predicted molar refractivity (Wildman–Crippen MR) is 78.7 cm³/mol. The fraction of sp³-hybridized carbons (Fsp3) is 0.438. The van der Waals surface area contributed by atoms with Gasteiger partial charge in [0.05, 0.1) is 6.42 Å². The summed E-state index contributed by atoms with van der Waals surface area (Å²) in [7, 11) is 0. The predicted octanol–water partition coefficient (Wildman–Crippen LogP) is 2.47. The van der Waals surface area contributed by atoms with Crippen LogP contribution in [0.2, 0.25) is 0 Å². The Morgan fingerprint density at radius 1 is 1.22 bits per heavy atom. The second kappa shape index (κ2) is 7.71. The second-order valence-corrected chi connectivity index (χ2v) is 5.42. The number of halogens is 1. The van der Waals surface area contributed by atoms with Crippen LogP contribution in [-0.2, 0) is 9.53 Å². The average Bonchev–Trinajstić information content (AvgIpc) is 2.53. The van der Waals surface area contributed by atoms with Crippen LogP contribution in [0.15, 0.2) is 24.3 Å². The number of esters is 1. The molecule has 0 aromatic heterocycles. The van der Waals surface area contributed by atoms with Crippen molar-refractivity contribution in [2.45, 2.75) is 31.7 Å². The molecule has 1 aromatic carbocycles. The molecule has 0 spiro atoms. The molecule has 6 nitrogen and oxygen atoms in total. The molecule has 1 unspecified atom stereocenters. The van der Waals surface area contributed by atoms with E-state index in [0.717, 1.165) is 25.0 Å². The molecule has 1 N–H and O–H groups in total. The Morgan fingerprint density at radius 2 is 1.91 bits per heavy atom. The van der Waals surface area contributed by atoms with Crippen molar-refractivity contribution in [3.63, 3.8) is 0 Å². The average molecular weight is 323 g/mol. The number of hydrogen-bond donors (Lipinski definition) is 1. The van der Waals surface area contributed by atoms with Gasteiger partial charge in [-0.3, -0.25) is 9.59 Å². The number of piperidine rings is 1. The highest BCUT2D eigenvalue weighted by atomic mass is 19.1. The summed E-state index contributed by atoms with van der Waals surface area (Å²) in [5.74, 6) is -1.50. The smallest absolute Gasteiger partial charge is 0.407 e. The lowest BCUT2D eigenvalue weighted by molar-refractivity contribution is -0.144. The highest BCUT2D eigenvalue weighted by Crippen LogP contribution is 2.20. The summed E-state index contributed by atoms with van der Waals surface area (Å²) in [5.41, 5.74) is 0.254. The lowest BCUT2D eigenvalue weighted by atomic mass is 10.00. The number of ether oxygens (including phenoxy) is 1. The Bertz CT molecular complexity index is 587. The Kier molecular flexibility index (Phi) is 5.67. The zero-order valence-electron chi connectivity index (χ0n) is 12.5. The highest BCUT2D eigenvalue weighted by Gasteiger charge is 2.28. The number of rotatable bonds is 5. The normalized spacial score (nSPS) is 17.6. The maximum atomic E-state index is 12.8. The van der Waals surface area contributed by atoms with Crippen LogP contribution in [-0.4, -0.2) is 47.0 Å². The maximum Gasteiger partial charge on any atom is 0.407 e. The quantitative estimate of drug-likeness (QED) is 0.665. The minimum atomic E-state index is -1.05. The van der Waals surface area contributed by atoms with E-state index < -0.39 is 36.3 Å². The van der Waals surface area contributed by atoms with E-state index in [2.05, 4.69) is 0 Å². The van der Waals surface area contributed by atoms with Gasteiger partial charge in [0, 0.05) is 18.2 Å². The molecule has 1 aliphatic heterocycles. The minimum absolute atomic E-state index is 0.0665. The number of carboxylic acid groups (broad SMARTS) is 1. The van der Waals surface area contributed by atoms with Gasteiger partial charge in [-0.1, -0.05) is 0 Å². The first-order chi connectivity index (χ1) is 11.0. The largest absolute Gasteiger partial charge is 0.465 e. The molecule has 0 bridgehead atoms. The number of carbonyl (C=O) groups is 3. The van der Waals surface area contributed by atoms with Crippen molar-refractivity contribution >= 4 is 17.8 Å². The SMILES string of the molecule is O=C(CC1CCCCN1C(=O)O)OCC(=O)c1ccc(F)cc1. The van der Waals surface area contributed by atoms with E-state index in [0.29, 0.717) is 13.0 Å². The molecule has 0 aliphatic carbocycles. The van der Waals surface area contributed by atoms with Gasteiger partial charge in [0.1, 0.15) is 5.82 Å². The highest BCUT2D eigenvalue weighted by molar-refractivity contribution is 5.97. The molecule has 7 heteroatoms. The number of benzene rings is 1. The van der Waals surface area contributed by atoms with Gasteiger partial charge in [-0.15, -0.1) is 0 Å². The number of nitrogens with zero attached hydrogens (tertiary/aromatic N) is 1. The van der Waals surface area contributed by atoms with Crippen LogP contribution in [0, 0.1) is 5.82 Å². The Morgan fingerprint density at radius 3 is 2.57 bits per heavy atom. The van der Waals surface area contributed by atoms with Gasteiger partial charge in [0.15, 0.2) is 12.4 Å². The van der Waals surface area contributed by atoms with Crippen LogP contribution < -0.4 is 0 Å². The summed E-state index contributed by atoms with van der Waals surface area (Å²) in [5, 5.41) is 9.10. The number of likely N-dealkylation sites (tertiary alicyclic amines) is 1. The summed E-state index contributed by atoms with van der Waals surface area (Å²) in [6.45, 7) is -0.0357. The molecule has 124 valence electrons. The molecule has 1 aromatic rings. The lowest BCUT2D eigenvalue weighted by Crippen LogP contribution is -2.44. The lowest BCUT2D eigenvalue weighted by Gasteiger charge is -2.32. The zero-order valence-corrected chi connectivity index (χ0v) is 12.5. The molecule has 1 saturated heterocycles. The van der Waals surface area contributed by atoms with Gasteiger partial charge in [-0.05, 0) is 43.5 Å². The first-order valence-corrected chi connectivity index (χ1v) is 7.41. The summed E-state index contributed by atoms with van der Waals surface area (Å²) >= 11 is 0. The van der Waals surface area contributed by atoms with Crippen molar-refractivity contribution in [1.82, 2.24) is 4.90 Å². The minimum Gasteiger partial charge on any atom is -0.465 e. The maximum absolute atomic E-state index is 12.8. The van der Waals surface area contributed by atoms with Crippen molar-refractivity contribution < 1.29 is 28.6 Å². The van der Waals surface area contributed by atoms with E-state index in [1.54, 1.807) is 0 Å². The van der Waals surface area contributed by atoms with E-state index in [4.69, 9.17) is 9.84 Å². The number of Topliss-reactive ketones (excluding diaryl/α,β-unsaturated/α-hetero) is 1. The molecular weight excluding hydrogens is 305 g/mol. The first-order valence-electron chi connectivity index (χ1n) is 7.41. The molecule has 0 saturated carbocycles. The molecule has 23 heavy (non-hydrogen) atoms.